The first-order chi connectivity index (χ1) is 10.7. The largest absolute Gasteiger partial charge is 0.494 e. The molecule has 0 aromatic heterocycles. The van der Waals surface area contributed by atoms with Crippen molar-refractivity contribution >= 4 is 12.1 Å². The van der Waals surface area contributed by atoms with Crippen molar-refractivity contribution in [1.29, 1.82) is 0 Å². The van der Waals surface area contributed by atoms with E-state index in [4.69, 9.17) is 4.74 Å². The second-order valence-corrected chi connectivity index (χ2v) is 4.98. The molecule has 0 atom stereocenters. The normalized spacial score (nSPS) is 10.6. The van der Waals surface area contributed by atoms with Gasteiger partial charge in [-0.3, -0.25) is 4.79 Å². The lowest BCUT2D eigenvalue weighted by atomic mass is 10.1. The van der Waals surface area contributed by atoms with Gasteiger partial charge in [-0.05, 0) is 55.3 Å². The average Bonchev–Trinajstić information content (AvgIpc) is 2.54. The molecule has 0 bridgehead atoms. The lowest BCUT2D eigenvalue weighted by molar-refractivity contribution is 0.0955. The summed E-state index contributed by atoms with van der Waals surface area (Å²) in [4.78, 5) is 11.9. The second-order valence-electron chi connectivity index (χ2n) is 4.98. The molecule has 0 spiro atoms. The summed E-state index contributed by atoms with van der Waals surface area (Å²) in [6.07, 6.45) is 2.59. The molecule has 0 aliphatic rings. The van der Waals surface area contributed by atoms with Crippen LogP contribution in [0.25, 0.3) is 0 Å². The summed E-state index contributed by atoms with van der Waals surface area (Å²) in [5, 5.41) is 3.97. The summed E-state index contributed by atoms with van der Waals surface area (Å²) >= 11 is 0. The molecule has 0 saturated carbocycles. The maximum absolute atomic E-state index is 11.9. The van der Waals surface area contributed by atoms with Crippen LogP contribution in [-0.4, -0.2) is 18.7 Å². The van der Waals surface area contributed by atoms with Gasteiger partial charge in [0.2, 0.25) is 0 Å². The van der Waals surface area contributed by atoms with Gasteiger partial charge in [0.15, 0.2) is 0 Å². The molecule has 0 radical (unpaired) electrons. The Balaban J connectivity index is 1.89. The summed E-state index contributed by atoms with van der Waals surface area (Å²) in [7, 11) is 0. The van der Waals surface area contributed by atoms with Crippen LogP contribution in [0.5, 0.6) is 5.75 Å². The van der Waals surface area contributed by atoms with E-state index in [0.29, 0.717) is 12.2 Å². The lowest BCUT2D eigenvalue weighted by Gasteiger charge is -2.04. The highest BCUT2D eigenvalue weighted by molar-refractivity contribution is 5.94. The number of benzene rings is 2. The minimum absolute atomic E-state index is 0.223. The third-order valence-electron chi connectivity index (χ3n) is 3.05. The molecule has 2 aromatic carbocycles. The maximum Gasteiger partial charge on any atom is 0.271 e. The third kappa shape index (κ3) is 4.74. The predicted molar refractivity (Wildman–Crippen MR) is 88.5 cm³/mol. The number of amides is 1. The second kappa shape index (κ2) is 7.98. The van der Waals surface area contributed by atoms with Gasteiger partial charge in [-0.15, -0.1) is 0 Å². The molecular weight excluding hydrogens is 276 g/mol. The molecular formula is C18H20N2O2. The fourth-order valence-corrected chi connectivity index (χ4v) is 1.80. The number of nitrogens with one attached hydrogen (secondary N) is 1. The van der Waals surface area contributed by atoms with E-state index < -0.39 is 0 Å². The van der Waals surface area contributed by atoms with Gasteiger partial charge < -0.3 is 4.74 Å². The number of hydrogen-bond acceptors (Lipinski definition) is 3. The quantitative estimate of drug-likeness (QED) is 0.654. The van der Waals surface area contributed by atoms with Crippen molar-refractivity contribution in [3.63, 3.8) is 0 Å². The molecule has 114 valence electrons. The number of hydrazone groups is 1. The molecule has 0 heterocycles. The van der Waals surface area contributed by atoms with Crippen LogP contribution in [0.2, 0.25) is 0 Å². The first-order valence-corrected chi connectivity index (χ1v) is 7.32. The molecule has 2 aromatic rings. The summed E-state index contributed by atoms with van der Waals surface area (Å²) < 4.78 is 5.51. The summed E-state index contributed by atoms with van der Waals surface area (Å²) in [5.74, 6) is 0.613. The predicted octanol–water partition coefficient (Wildman–Crippen LogP) is 3.55. The molecule has 2 rings (SSSR count). The van der Waals surface area contributed by atoms with E-state index in [-0.39, 0.29) is 5.91 Å². The highest BCUT2D eigenvalue weighted by atomic mass is 16.5. The Kier molecular flexibility index (Phi) is 5.72. The highest BCUT2D eigenvalue weighted by Gasteiger charge is 2.02. The zero-order chi connectivity index (χ0) is 15.8. The Morgan fingerprint density at radius 3 is 2.45 bits per heavy atom. The number of aryl methyl sites for hydroxylation is 1. The van der Waals surface area contributed by atoms with Crippen LogP contribution in [-0.2, 0) is 0 Å². The molecule has 1 N–H and O–H groups in total. The van der Waals surface area contributed by atoms with E-state index in [1.165, 1.54) is 0 Å². The van der Waals surface area contributed by atoms with E-state index in [2.05, 4.69) is 17.5 Å². The van der Waals surface area contributed by atoms with Gasteiger partial charge in [0.25, 0.3) is 5.91 Å². The van der Waals surface area contributed by atoms with Crippen molar-refractivity contribution < 1.29 is 9.53 Å². The first-order valence-electron chi connectivity index (χ1n) is 7.32. The van der Waals surface area contributed by atoms with Crippen LogP contribution in [0.3, 0.4) is 0 Å². The fourth-order valence-electron chi connectivity index (χ4n) is 1.80. The van der Waals surface area contributed by atoms with Gasteiger partial charge in [0.1, 0.15) is 5.75 Å². The topological polar surface area (TPSA) is 50.7 Å². The van der Waals surface area contributed by atoms with Crippen molar-refractivity contribution in [2.24, 2.45) is 5.10 Å². The van der Waals surface area contributed by atoms with Crippen LogP contribution < -0.4 is 10.2 Å². The van der Waals surface area contributed by atoms with Crippen LogP contribution >= 0.6 is 0 Å². The van der Waals surface area contributed by atoms with Crippen molar-refractivity contribution in [3.05, 3.63) is 65.2 Å². The maximum atomic E-state index is 11.9. The molecule has 0 aliphatic carbocycles. The molecule has 4 heteroatoms. The smallest absolute Gasteiger partial charge is 0.271 e. The minimum Gasteiger partial charge on any atom is -0.494 e. The molecule has 4 nitrogen and oxygen atoms in total. The molecule has 0 saturated heterocycles. The van der Waals surface area contributed by atoms with E-state index in [9.17, 15) is 4.79 Å². The molecule has 0 aliphatic heterocycles. The van der Waals surface area contributed by atoms with Crippen molar-refractivity contribution in [2.75, 3.05) is 6.61 Å². The van der Waals surface area contributed by atoms with Crippen LogP contribution in [0.1, 0.15) is 34.8 Å². The van der Waals surface area contributed by atoms with Crippen molar-refractivity contribution in [3.8, 4) is 5.75 Å². The number of carbonyl (C=O) groups is 1. The Morgan fingerprint density at radius 1 is 1.14 bits per heavy atom. The minimum atomic E-state index is -0.223. The van der Waals surface area contributed by atoms with Crippen LogP contribution in [0.4, 0.5) is 0 Å². The number of ether oxygens (including phenoxy) is 1. The van der Waals surface area contributed by atoms with Gasteiger partial charge in [-0.25, -0.2) is 5.43 Å². The molecule has 1 amide bonds. The van der Waals surface area contributed by atoms with E-state index in [1.54, 1.807) is 18.3 Å². The number of carbonyl (C=O) groups excluding carboxylic acids is 1. The zero-order valence-electron chi connectivity index (χ0n) is 12.9. The van der Waals surface area contributed by atoms with E-state index >= 15 is 0 Å². The fraction of sp³-hybridized carbons (Fsp3) is 0.222. The first kappa shape index (κ1) is 15.8. The van der Waals surface area contributed by atoms with Gasteiger partial charge >= 0.3 is 0 Å². The Labute approximate surface area is 130 Å². The molecule has 0 unspecified atom stereocenters. The van der Waals surface area contributed by atoms with Gasteiger partial charge in [-0.2, -0.15) is 5.10 Å². The third-order valence-corrected chi connectivity index (χ3v) is 3.05. The van der Waals surface area contributed by atoms with E-state index in [1.807, 2.05) is 43.3 Å². The number of rotatable bonds is 6. The zero-order valence-corrected chi connectivity index (χ0v) is 12.9. The molecule has 0 fully saturated rings. The Bertz CT molecular complexity index is 631. The van der Waals surface area contributed by atoms with Crippen molar-refractivity contribution in [1.82, 2.24) is 5.43 Å². The van der Waals surface area contributed by atoms with Gasteiger partial charge in [0, 0.05) is 5.56 Å². The SMILES string of the molecule is CCCOc1ccc(/C=N/NC(=O)c2ccc(C)cc2)cc1. The van der Waals surface area contributed by atoms with E-state index in [0.717, 1.165) is 23.3 Å². The van der Waals surface area contributed by atoms with Crippen molar-refractivity contribution in [2.45, 2.75) is 20.3 Å². The van der Waals surface area contributed by atoms with Gasteiger partial charge in [-0.1, -0.05) is 24.6 Å². The number of hydrogen-bond donors (Lipinski definition) is 1. The highest BCUT2D eigenvalue weighted by Crippen LogP contribution is 2.11. The van der Waals surface area contributed by atoms with Gasteiger partial charge in [0.05, 0.1) is 12.8 Å². The van der Waals surface area contributed by atoms with Crippen LogP contribution in [0.15, 0.2) is 53.6 Å². The summed E-state index contributed by atoms with van der Waals surface area (Å²) in [6.45, 7) is 4.76. The Morgan fingerprint density at radius 2 is 1.82 bits per heavy atom. The number of nitrogens with zero attached hydrogens (tertiary/aromatic N) is 1. The lowest BCUT2D eigenvalue weighted by Crippen LogP contribution is -2.17. The van der Waals surface area contributed by atoms with Crippen LogP contribution in [0, 0.1) is 6.92 Å². The Hall–Kier alpha value is -2.62. The average molecular weight is 296 g/mol. The standard InChI is InChI=1S/C18H20N2O2/c1-3-12-22-17-10-6-15(7-11-17)13-19-20-18(21)16-8-4-14(2)5-9-16/h4-11,13H,3,12H2,1-2H3,(H,20,21)/b19-13+. The monoisotopic (exact) mass is 296 g/mol. The summed E-state index contributed by atoms with van der Waals surface area (Å²) in [5.41, 5.74) is 5.12. The molecule has 22 heavy (non-hydrogen) atoms. The summed E-state index contributed by atoms with van der Waals surface area (Å²) in [6, 6.07) is 14.9.